The Kier molecular flexibility index (Phi) is 6.48. The monoisotopic (exact) mass is 298 g/mol. The van der Waals surface area contributed by atoms with Crippen LogP contribution in [0.5, 0.6) is 0 Å². The fourth-order valence-corrected chi connectivity index (χ4v) is 3.68. The smallest absolute Gasteiger partial charge is 0.170 e. The third-order valence-electron chi connectivity index (χ3n) is 5.15. The highest BCUT2D eigenvalue weighted by molar-refractivity contribution is 4.96. The molecule has 2 aliphatic rings. The second-order valence-electron chi connectivity index (χ2n) is 6.93. The highest BCUT2D eigenvalue weighted by atomic mass is 16.7. The Balaban J connectivity index is 2.01. The molecule has 124 valence electrons. The summed E-state index contributed by atoms with van der Waals surface area (Å²) in [6.07, 6.45) is 5.61. The van der Waals surface area contributed by atoms with E-state index in [1.165, 1.54) is 12.8 Å². The first-order valence-corrected chi connectivity index (χ1v) is 8.81. The second kappa shape index (κ2) is 7.91. The van der Waals surface area contributed by atoms with Crippen LogP contribution >= 0.6 is 0 Å². The van der Waals surface area contributed by atoms with E-state index >= 15 is 0 Å². The van der Waals surface area contributed by atoms with E-state index in [4.69, 9.17) is 9.47 Å². The van der Waals surface area contributed by atoms with Crippen molar-refractivity contribution in [2.24, 2.45) is 5.92 Å². The van der Waals surface area contributed by atoms with Gasteiger partial charge < -0.3 is 19.7 Å². The number of ether oxygens (including phenoxy) is 2. The lowest BCUT2D eigenvalue weighted by Gasteiger charge is -2.45. The zero-order valence-electron chi connectivity index (χ0n) is 14.4. The molecule has 0 aromatic carbocycles. The lowest BCUT2D eigenvalue weighted by molar-refractivity contribution is -0.192. The maximum atomic E-state index is 5.97. The topological polar surface area (TPSA) is 33.7 Å². The summed E-state index contributed by atoms with van der Waals surface area (Å²) in [6, 6.07) is 1.08. The molecule has 2 fully saturated rings. The summed E-state index contributed by atoms with van der Waals surface area (Å²) in [5.74, 6) is 0.448. The van der Waals surface area contributed by atoms with Gasteiger partial charge in [0, 0.05) is 31.5 Å². The molecule has 0 radical (unpaired) electrons. The highest BCUT2D eigenvalue weighted by Gasteiger charge is 2.46. The molecule has 4 heteroatoms. The van der Waals surface area contributed by atoms with Gasteiger partial charge in [0.15, 0.2) is 5.79 Å². The molecular weight excluding hydrogens is 264 g/mol. The van der Waals surface area contributed by atoms with E-state index in [9.17, 15) is 0 Å². The van der Waals surface area contributed by atoms with E-state index in [-0.39, 0.29) is 5.79 Å². The molecule has 1 saturated carbocycles. The van der Waals surface area contributed by atoms with Gasteiger partial charge in [0.2, 0.25) is 0 Å². The van der Waals surface area contributed by atoms with Crippen LogP contribution in [0.2, 0.25) is 0 Å². The van der Waals surface area contributed by atoms with Gasteiger partial charge in [-0.3, -0.25) is 0 Å². The van der Waals surface area contributed by atoms with Crippen molar-refractivity contribution in [3.8, 4) is 0 Å². The summed E-state index contributed by atoms with van der Waals surface area (Å²) < 4.78 is 11.9. The Hall–Kier alpha value is -0.160. The van der Waals surface area contributed by atoms with Gasteiger partial charge in [-0.1, -0.05) is 27.2 Å². The van der Waals surface area contributed by atoms with Crippen LogP contribution in [0.15, 0.2) is 0 Å². The third kappa shape index (κ3) is 4.41. The van der Waals surface area contributed by atoms with Crippen molar-refractivity contribution >= 4 is 0 Å². The van der Waals surface area contributed by atoms with Gasteiger partial charge in [0.1, 0.15) is 0 Å². The first-order chi connectivity index (χ1) is 10.1. The van der Waals surface area contributed by atoms with Crippen LogP contribution in [0.1, 0.15) is 52.9 Å². The summed E-state index contributed by atoms with van der Waals surface area (Å²) in [4.78, 5) is 2.54. The van der Waals surface area contributed by atoms with Crippen molar-refractivity contribution in [1.82, 2.24) is 10.2 Å². The van der Waals surface area contributed by atoms with Gasteiger partial charge in [0.05, 0.1) is 13.2 Å². The molecule has 1 saturated heterocycles. The average Bonchev–Trinajstić information content (AvgIpc) is 2.94. The first-order valence-electron chi connectivity index (χ1n) is 8.81. The third-order valence-corrected chi connectivity index (χ3v) is 5.15. The van der Waals surface area contributed by atoms with Crippen LogP contribution in [-0.2, 0) is 9.47 Å². The van der Waals surface area contributed by atoms with E-state index in [1.807, 2.05) is 0 Å². The second-order valence-corrected chi connectivity index (χ2v) is 6.93. The van der Waals surface area contributed by atoms with Gasteiger partial charge in [-0.15, -0.1) is 0 Å². The fourth-order valence-electron chi connectivity index (χ4n) is 3.68. The van der Waals surface area contributed by atoms with Crippen molar-refractivity contribution in [2.75, 3.05) is 33.4 Å². The molecule has 1 aliphatic heterocycles. The Morgan fingerprint density at radius 2 is 2.00 bits per heavy atom. The standard InChI is InChI=1S/C17H34N2O2/c1-5-9-18-15-7-8-17(20-10-11-21-17)12-16(15)19(4)13-14(3)6-2/h14-16,18H,5-13H2,1-4H3. The molecule has 2 rings (SSSR count). The van der Waals surface area contributed by atoms with Crippen LogP contribution in [0.25, 0.3) is 0 Å². The van der Waals surface area contributed by atoms with E-state index in [0.29, 0.717) is 12.1 Å². The predicted molar refractivity (Wildman–Crippen MR) is 86.4 cm³/mol. The maximum absolute atomic E-state index is 5.97. The molecule has 3 unspecified atom stereocenters. The lowest BCUT2D eigenvalue weighted by Crippen LogP contribution is -2.57. The molecular formula is C17H34N2O2. The number of hydrogen-bond donors (Lipinski definition) is 1. The SMILES string of the molecule is CCCNC1CCC2(CC1N(C)CC(C)CC)OCCO2. The summed E-state index contributed by atoms with van der Waals surface area (Å²) >= 11 is 0. The molecule has 21 heavy (non-hydrogen) atoms. The zero-order chi connectivity index (χ0) is 15.3. The Labute approximate surface area is 130 Å². The van der Waals surface area contributed by atoms with Crippen LogP contribution in [-0.4, -0.2) is 56.1 Å². The fraction of sp³-hybridized carbons (Fsp3) is 1.00. The van der Waals surface area contributed by atoms with Crippen molar-refractivity contribution in [1.29, 1.82) is 0 Å². The first kappa shape index (κ1) is 17.2. The molecule has 1 N–H and O–H groups in total. The van der Waals surface area contributed by atoms with E-state index in [0.717, 1.165) is 51.5 Å². The van der Waals surface area contributed by atoms with Crippen LogP contribution in [0.3, 0.4) is 0 Å². The van der Waals surface area contributed by atoms with Gasteiger partial charge in [-0.05, 0) is 32.4 Å². The van der Waals surface area contributed by atoms with E-state index < -0.39 is 0 Å². The number of rotatable bonds is 7. The quantitative estimate of drug-likeness (QED) is 0.783. The Morgan fingerprint density at radius 3 is 2.62 bits per heavy atom. The molecule has 1 spiro atoms. The molecule has 0 bridgehead atoms. The maximum Gasteiger partial charge on any atom is 0.170 e. The number of likely N-dealkylation sites (N-methyl/N-ethyl adjacent to an activating group) is 1. The summed E-state index contributed by atoms with van der Waals surface area (Å²) in [5, 5.41) is 3.75. The average molecular weight is 298 g/mol. The van der Waals surface area contributed by atoms with Crippen molar-refractivity contribution in [2.45, 2.75) is 70.7 Å². The molecule has 3 atom stereocenters. The number of nitrogens with one attached hydrogen (secondary N) is 1. The summed E-state index contributed by atoms with van der Waals surface area (Å²) in [5.41, 5.74) is 0. The largest absolute Gasteiger partial charge is 0.347 e. The van der Waals surface area contributed by atoms with Crippen molar-refractivity contribution in [3.05, 3.63) is 0 Å². The molecule has 4 nitrogen and oxygen atoms in total. The molecule has 1 aliphatic carbocycles. The highest BCUT2D eigenvalue weighted by Crippen LogP contribution is 2.37. The van der Waals surface area contributed by atoms with Gasteiger partial charge in [0.25, 0.3) is 0 Å². The lowest BCUT2D eigenvalue weighted by atomic mass is 9.84. The van der Waals surface area contributed by atoms with Gasteiger partial charge >= 0.3 is 0 Å². The van der Waals surface area contributed by atoms with E-state index in [2.05, 4.69) is 38.0 Å². The Morgan fingerprint density at radius 1 is 1.29 bits per heavy atom. The van der Waals surface area contributed by atoms with Crippen LogP contribution < -0.4 is 5.32 Å². The minimum atomic E-state index is -0.293. The van der Waals surface area contributed by atoms with Gasteiger partial charge in [-0.25, -0.2) is 0 Å². The summed E-state index contributed by atoms with van der Waals surface area (Å²) in [7, 11) is 2.27. The normalized spacial score (nSPS) is 30.1. The zero-order valence-corrected chi connectivity index (χ0v) is 14.4. The number of nitrogens with zero attached hydrogens (tertiary/aromatic N) is 1. The van der Waals surface area contributed by atoms with Crippen molar-refractivity contribution in [3.63, 3.8) is 0 Å². The molecule has 0 aromatic heterocycles. The minimum absolute atomic E-state index is 0.293. The molecule has 1 heterocycles. The van der Waals surface area contributed by atoms with Gasteiger partial charge in [-0.2, -0.15) is 0 Å². The molecule has 0 aromatic rings. The molecule has 0 amide bonds. The van der Waals surface area contributed by atoms with Crippen molar-refractivity contribution < 1.29 is 9.47 Å². The van der Waals surface area contributed by atoms with E-state index in [1.54, 1.807) is 0 Å². The van der Waals surface area contributed by atoms with Crippen LogP contribution in [0.4, 0.5) is 0 Å². The number of hydrogen-bond acceptors (Lipinski definition) is 4. The Bertz CT molecular complexity index is 305. The minimum Gasteiger partial charge on any atom is -0.347 e. The van der Waals surface area contributed by atoms with Crippen LogP contribution in [0, 0.1) is 5.92 Å². The predicted octanol–water partition coefficient (Wildman–Crippen LogP) is 2.63. The summed E-state index contributed by atoms with van der Waals surface area (Å²) in [6.45, 7) is 10.6.